The summed E-state index contributed by atoms with van der Waals surface area (Å²) in [6.07, 6.45) is 0. The van der Waals surface area contributed by atoms with Gasteiger partial charge in [-0.15, -0.1) is 0 Å². The number of para-hydroxylation sites is 1. The summed E-state index contributed by atoms with van der Waals surface area (Å²) < 4.78 is 32.8. The van der Waals surface area contributed by atoms with Crippen molar-refractivity contribution >= 4 is 10.0 Å². The molecule has 2 aromatic rings. The summed E-state index contributed by atoms with van der Waals surface area (Å²) in [5, 5.41) is 0. The molecule has 3 rings (SSSR count). The predicted molar refractivity (Wildman–Crippen MR) is 108 cm³/mol. The number of benzene rings is 2. The number of hydrogen-bond acceptors (Lipinski definition) is 4. The molecule has 1 aliphatic rings. The van der Waals surface area contributed by atoms with Crippen LogP contribution in [0.3, 0.4) is 0 Å². The first-order chi connectivity index (χ1) is 12.9. The second kappa shape index (κ2) is 8.42. The van der Waals surface area contributed by atoms with Crippen LogP contribution in [0.1, 0.15) is 30.9 Å². The first kappa shape index (κ1) is 19.9. The van der Waals surface area contributed by atoms with Gasteiger partial charge in [0.25, 0.3) is 0 Å². The molecule has 146 valence electrons. The fourth-order valence-corrected chi connectivity index (χ4v) is 4.80. The predicted octanol–water partition coefficient (Wildman–Crippen LogP) is 3.33. The van der Waals surface area contributed by atoms with E-state index in [-0.39, 0.29) is 0 Å². The van der Waals surface area contributed by atoms with E-state index in [9.17, 15) is 8.42 Å². The van der Waals surface area contributed by atoms with E-state index in [4.69, 9.17) is 4.74 Å². The lowest BCUT2D eigenvalue weighted by molar-refractivity contribution is 0.180. The number of ether oxygens (including phenoxy) is 1. The average molecular weight is 389 g/mol. The minimum Gasteiger partial charge on any atom is -0.496 e. The second-order valence-electron chi connectivity index (χ2n) is 7.22. The van der Waals surface area contributed by atoms with Gasteiger partial charge in [0.2, 0.25) is 10.0 Å². The summed E-state index contributed by atoms with van der Waals surface area (Å²) in [6, 6.07) is 15.2. The largest absolute Gasteiger partial charge is 0.496 e. The number of methoxy groups -OCH3 is 1. The lowest BCUT2D eigenvalue weighted by atomic mass is 10.0. The topological polar surface area (TPSA) is 49.9 Å². The standard InChI is InChI=1S/C21H28N2O3S/c1-17(2)18-8-10-20(11-9-18)27(24,25)23-14-12-22(13-15-23)16-19-6-4-5-7-21(19)26-3/h4-11,17H,12-16H2,1-3H3. The van der Waals surface area contributed by atoms with E-state index >= 15 is 0 Å². The van der Waals surface area contributed by atoms with Gasteiger partial charge in [-0.25, -0.2) is 8.42 Å². The normalized spacial score (nSPS) is 16.6. The van der Waals surface area contributed by atoms with Gasteiger partial charge in [-0.3, -0.25) is 4.90 Å². The van der Waals surface area contributed by atoms with Gasteiger partial charge in [-0.2, -0.15) is 4.31 Å². The van der Waals surface area contributed by atoms with E-state index in [1.807, 2.05) is 30.3 Å². The molecule has 0 bridgehead atoms. The minimum atomic E-state index is -3.43. The van der Waals surface area contributed by atoms with E-state index < -0.39 is 10.0 Å². The van der Waals surface area contributed by atoms with E-state index in [2.05, 4.69) is 24.8 Å². The zero-order valence-corrected chi connectivity index (χ0v) is 17.1. The quantitative estimate of drug-likeness (QED) is 0.762. The molecule has 0 spiro atoms. The van der Waals surface area contributed by atoms with Crippen LogP contribution in [0.25, 0.3) is 0 Å². The molecule has 0 N–H and O–H groups in total. The van der Waals surface area contributed by atoms with Crippen molar-refractivity contribution in [2.75, 3.05) is 33.3 Å². The first-order valence-electron chi connectivity index (χ1n) is 9.36. The van der Waals surface area contributed by atoms with Crippen molar-refractivity contribution in [1.82, 2.24) is 9.21 Å². The fourth-order valence-electron chi connectivity index (χ4n) is 3.38. The molecule has 0 amide bonds. The maximum Gasteiger partial charge on any atom is 0.243 e. The number of hydrogen-bond donors (Lipinski definition) is 0. The Hall–Kier alpha value is -1.89. The Labute approximate surface area is 162 Å². The van der Waals surface area contributed by atoms with Crippen LogP contribution >= 0.6 is 0 Å². The SMILES string of the molecule is COc1ccccc1CN1CCN(S(=O)(=O)c2ccc(C(C)C)cc2)CC1. The molecule has 27 heavy (non-hydrogen) atoms. The molecule has 1 aliphatic heterocycles. The van der Waals surface area contributed by atoms with Gasteiger partial charge in [-0.1, -0.05) is 44.2 Å². The molecule has 5 nitrogen and oxygen atoms in total. The summed E-state index contributed by atoms with van der Waals surface area (Å²) in [5.74, 6) is 1.26. The number of sulfonamides is 1. The third kappa shape index (κ3) is 4.51. The van der Waals surface area contributed by atoms with Crippen molar-refractivity contribution in [3.63, 3.8) is 0 Å². The van der Waals surface area contributed by atoms with E-state index in [1.165, 1.54) is 0 Å². The van der Waals surface area contributed by atoms with Crippen molar-refractivity contribution in [3.8, 4) is 5.75 Å². The molecule has 0 aromatic heterocycles. The number of piperazine rings is 1. The average Bonchev–Trinajstić information content (AvgIpc) is 2.69. The molecule has 0 aliphatic carbocycles. The Morgan fingerprint density at radius 3 is 2.19 bits per heavy atom. The van der Waals surface area contributed by atoms with Crippen molar-refractivity contribution in [2.45, 2.75) is 31.2 Å². The van der Waals surface area contributed by atoms with E-state index in [0.717, 1.165) is 23.4 Å². The Morgan fingerprint density at radius 2 is 1.59 bits per heavy atom. The Balaban J connectivity index is 1.64. The maximum atomic E-state index is 12.9. The molecule has 0 unspecified atom stereocenters. The summed E-state index contributed by atoms with van der Waals surface area (Å²) in [4.78, 5) is 2.65. The fraction of sp³-hybridized carbons (Fsp3) is 0.429. The molecule has 0 atom stereocenters. The Kier molecular flexibility index (Phi) is 6.19. The summed E-state index contributed by atoms with van der Waals surface area (Å²) in [6.45, 7) is 7.39. The first-order valence-corrected chi connectivity index (χ1v) is 10.8. The molecular formula is C21H28N2O3S. The van der Waals surface area contributed by atoms with Gasteiger partial charge in [0.05, 0.1) is 12.0 Å². The van der Waals surface area contributed by atoms with Crippen molar-refractivity contribution in [3.05, 3.63) is 59.7 Å². The van der Waals surface area contributed by atoms with Gasteiger partial charge < -0.3 is 4.74 Å². The molecule has 1 saturated heterocycles. The second-order valence-corrected chi connectivity index (χ2v) is 9.15. The van der Waals surface area contributed by atoms with Crippen LogP contribution in [-0.2, 0) is 16.6 Å². The Morgan fingerprint density at radius 1 is 0.963 bits per heavy atom. The summed E-state index contributed by atoms with van der Waals surface area (Å²) in [7, 11) is -1.76. The highest BCUT2D eigenvalue weighted by molar-refractivity contribution is 7.89. The zero-order chi connectivity index (χ0) is 19.4. The van der Waals surface area contributed by atoms with Crippen LogP contribution in [-0.4, -0.2) is 50.9 Å². The minimum absolute atomic E-state index is 0.380. The molecule has 0 radical (unpaired) electrons. The van der Waals surface area contributed by atoms with E-state index in [0.29, 0.717) is 37.0 Å². The number of nitrogens with zero attached hydrogens (tertiary/aromatic N) is 2. The van der Waals surface area contributed by atoms with Gasteiger partial charge in [0.1, 0.15) is 5.75 Å². The molecule has 1 heterocycles. The van der Waals surface area contributed by atoms with Crippen LogP contribution in [0.4, 0.5) is 0 Å². The van der Waals surface area contributed by atoms with Crippen molar-refractivity contribution < 1.29 is 13.2 Å². The Bertz CT molecular complexity index is 855. The van der Waals surface area contributed by atoms with Crippen LogP contribution < -0.4 is 4.74 Å². The molecule has 0 saturated carbocycles. The van der Waals surface area contributed by atoms with Crippen LogP contribution in [0.5, 0.6) is 5.75 Å². The third-order valence-corrected chi connectivity index (χ3v) is 7.02. The van der Waals surface area contributed by atoms with Crippen LogP contribution in [0.15, 0.2) is 53.4 Å². The van der Waals surface area contributed by atoms with Crippen molar-refractivity contribution in [1.29, 1.82) is 0 Å². The smallest absolute Gasteiger partial charge is 0.243 e. The lowest BCUT2D eigenvalue weighted by Gasteiger charge is -2.34. The lowest BCUT2D eigenvalue weighted by Crippen LogP contribution is -2.48. The zero-order valence-electron chi connectivity index (χ0n) is 16.3. The van der Waals surface area contributed by atoms with Gasteiger partial charge in [-0.05, 0) is 29.7 Å². The third-order valence-electron chi connectivity index (χ3n) is 5.10. The van der Waals surface area contributed by atoms with Crippen LogP contribution in [0, 0.1) is 0 Å². The summed E-state index contributed by atoms with van der Waals surface area (Å²) in [5.41, 5.74) is 2.27. The van der Waals surface area contributed by atoms with Crippen LogP contribution in [0.2, 0.25) is 0 Å². The molecular weight excluding hydrogens is 360 g/mol. The molecule has 2 aromatic carbocycles. The highest BCUT2D eigenvalue weighted by atomic mass is 32.2. The number of rotatable bonds is 6. The highest BCUT2D eigenvalue weighted by Crippen LogP contribution is 2.23. The summed E-state index contributed by atoms with van der Waals surface area (Å²) >= 11 is 0. The molecule has 6 heteroatoms. The monoisotopic (exact) mass is 388 g/mol. The van der Waals surface area contributed by atoms with E-state index in [1.54, 1.807) is 23.5 Å². The maximum absolute atomic E-state index is 12.9. The highest BCUT2D eigenvalue weighted by Gasteiger charge is 2.28. The van der Waals surface area contributed by atoms with Gasteiger partial charge in [0.15, 0.2) is 0 Å². The molecule has 1 fully saturated rings. The van der Waals surface area contributed by atoms with Gasteiger partial charge >= 0.3 is 0 Å². The van der Waals surface area contributed by atoms with Gasteiger partial charge in [0, 0.05) is 38.3 Å². The van der Waals surface area contributed by atoms with Crippen molar-refractivity contribution in [2.24, 2.45) is 0 Å².